The minimum atomic E-state index is 0. The Morgan fingerprint density at radius 3 is 2.35 bits per heavy atom. The molecule has 0 aliphatic rings. The van der Waals surface area contributed by atoms with Crippen molar-refractivity contribution in [2.24, 2.45) is 5.92 Å². The number of aromatic nitrogens is 3. The summed E-state index contributed by atoms with van der Waals surface area (Å²) in [6, 6.07) is 42.5. The van der Waals surface area contributed by atoms with Crippen molar-refractivity contribution < 1.29 is 26.2 Å². The summed E-state index contributed by atoms with van der Waals surface area (Å²) in [6.45, 7) is 4.44. The first-order chi connectivity index (χ1) is 20.5. The van der Waals surface area contributed by atoms with Crippen LogP contribution in [0.2, 0.25) is 0 Å². The molecule has 0 fully saturated rings. The maximum Gasteiger partial charge on any atom is 0.144 e. The third kappa shape index (κ3) is 5.51. The van der Waals surface area contributed by atoms with E-state index in [0.717, 1.165) is 62.1 Å². The number of rotatable bonds is 6. The van der Waals surface area contributed by atoms with Gasteiger partial charge in [0.25, 0.3) is 0 Å². The Labute approximate surface area is 266 Å². The average molecular weight is 740 g/mol. The maximum atomic E-state index is 11.0. The van der Waals surface area contributed by atoms with E-state index < -0.39 is 0 Å². The van der Waals surface area contributed by atoms with Crippen molar-refractivity contribution in [1.29, 1.82) is 0 Å². The number of pyridine rings is 2. The van der Waals surface area contributed by atoms with Gasteiger partial charge in [-0.15, -0.1) is 29.8 Å². The summed E-state index contributed by atoms with van der Waals surface area (Å²) in [5.74, 6) is 0.681. The summed E-state index contributed by atoms with van der Waals surface area (Å²) >= 11 is 0. The van der Waals surface area contributed by atoms with Crippen molar-refractivity contribution in [2.45, 2.75) is 20.3 Å². The van der Waals surface area contributed by atoms with Crippen LogP contribution in [0.1, 0.15) is 19.4 Å². The van der Waals surface area contributed by atoms with Gasteiger partial charge in [0.15, 0.2) is 0 Å². The molecule has 0 spiro atoms. The van der Waals surface area contributed by atoms with E-state index in [2.05, 4.69) is 97.3 Å². The second kappa shape index (κ2) is 12.0. The number of phenols is 1. The van der Waals surface area contributed by atoms with Gasteiger partial charge in [-0.3, -0.25) is 4.98 Å². The Kier molecular flexibility index (Phi) is 7.97. The molecule has 0 bridgehead atoms. The van der Waals surface area contributed by atoms with Crippen LogP contribution >= 0.6 is 0 Å². The molecule has 0 saturated heterocycles. The number of nitrogens with zero attached hydrogens (tertiary/aromatic N) is 3. The summed E-state index contributed by atoms with van der Waals surface area (Å²) in [5.41, 5.74) is 9.37. The summed E-state index contributed by atoms with van der Waals surface area (Å²) in [6.07, 6.45) is 2.74. The summed E-state index contributed by atoms with van der Waals surface area (Å²) in [7, 11) is 0. The zero-order chi connectivity index (χ0) is 28.6. The smallest absolute Gasteiger partial charge is 0.144 e. The molecule has 3 heterocycles. The standard InChI is InChI=1S/C38H30N3O.Pt/c1-25(2)20-26-21-34(40-35(22-26)33-24-28(17-18-37(33)42)27-10-4-3-5-11-27)29-12-8-13-30(23-29)41-36-16-7-6-14-31(36)32-15-9-19-39-38(32)41;/h3-19,21-22,24-25,42H,20H2,1-2H3;/q-1;. The first-order valence-electron chi connectivity index (χ1n) is 14.3. The fourth-order valence-electron chi connectivity index (χ4n) is 5.78. The van der Waals surface area contributed by atoms with E-state index in [1.54, 1.807) is 6.07 Å². The van der Waals surface area contributed by atoms with Gasteiger partial charge in [0.1, 0.15) is 11.4 Å². The third-order valence-corrected chi connectivity index (χ3v) is 7.64. The van der Waals surface area contributed by atoms with Crippen LogP contribution in [-0.2, 0) is 27.5 Å². The number of hydrogen-bond acceptors (Lipinski definition) is 3. The van der Waals surface area contributed by atoms with Gasteiger partial charge in [-0.25, -0.2) is 4.98 Å². The molecule has 4 aromatic carbocycles. The normalized spacial score (nSPS) is 11.2. The van der Waals surface area contributed by atoms with E-state index in [1.165, 1.54) is 5.56 Å². The van der Waals surface area contributed by atoms with Gasteiger partial charge < -0.3 is 9.67 Å². The van der Waals surface area contributed by atoms with Crippen LogP contribution in [0.4, 0.5) is 0 Å². The average Bonchev–Trinajstić information content (AvgIpc) is 3.36. The Morgan fingerprint density at radius 2 is 1.51 bits per heavy atom. The van der Waals surface area contributed by atoms with E-state index in [1.807, 2.05) is 42.6 Å². The molecule has 0 radical (unpaired) electrons. The van der Waals surface area contributed by atoms with Crippen LogP contribution in [0.5, 0.6) is 5.75 Å². The second-order valence-corrected chi connectivity index (χ2v) is 11.1. The number of para-hydroxylation sites is 1. The molecule has 0 aliphatic carbocycles. The Hall–Kier alpha value is -4.53. The Balaban J connectivity index is 0.00000329. The molecule has 7 aromatic rings. The molecule has 7 rings (SSSR count). The van der Waals surface area contributed by atoms with Crippen molar-refractivity contribution in [1.82, 2.24) is 14.5 Å². The van der Waals surface area contributed by atoms with Gasteiger partial charge in [0.05, 0.1) is 11.2 Å². The van der Waals surface area contributed by atoms with E-state index in [9.17, 15) is 5.11 Å². The maximum absolute atomic E-state index is 11.0. The van der Waals surface area contributed by atoms with Crippen LogP contribution in [0.25, 0.3) is 61.3 Å². The number of aromatic hydroxyl groups is 1. The molecule has 1 N–H and O–H groups in total. The van der Waals surface area contributed by atoms with Gasteiger partial charge in [0, 0.05) is 43.6 Å². The molecule has 5 heteroatoms. The van der Waals surface area contributed by atoms with Crippen LogP contribution < -0.4 is 0 Å². The van der Waals surface area contributed by atoms with E-state index in [0.29, 0.717) is 11.5 Å². The zero-order valence-corrected chi connectivity index (χ0v) is 26.2. The molecular formula is C38H30N3OPt-. The van der Waals surface area contributed by atoms with Crippen molar-refractivity contribution in [3.63, 3.8) is 0 Å². The topological polar surface area (TPSA) is 50.9 Å². The molecule has 0 unspecified atom stereocenters. The third-order valence-electron chi connectivity index (χ3n) is 7.64. The number of benzene rings is 4. The number of hydrogen-bond donors (Lipinski definition) is 1. The Morgan fingerprint density at radius 1 is 0.744 bits per heavy atom. The molecule has 43 heavy (non-hydrogen) atoms. The second-order valence-electron chi connectivity index (χ2n) is 11.1. The molecule has 0 amide bonds. The van der Waals surface area contributed by atoms with Gasteiger partial charge in [-0.05, 0) is 71.2 Å². The first-order valence-corrected chi connectivity index (χ1v) is 14.3. The molecule has 3 aromatic heterocycles. The minimum absolute atomic E-state index is 0. The van der Waals surface area contributed by atoms with Crippen LogP contribution in [0.3, 0.4) is 0 Å². The van der Waals surface area contributed by atoms with Crippen molar-refractivity contribution in [2.75, 3.05) is 0 Å². The van der Waals surface area contributed by atoms with Gasteiger partial charge in [-0.2, -0.15) is 0 Å². The monoisotopic (exact) mass is 739 g/mol. The molecular weight excluding hydrogens is 710 g/mol. The van der Waals surface area contributed by atoms with Crippen molar-refractivity contribution in [3.05, 3.63) is 133 Å². The van der Waals surface area contributed by atoms with Crippen molar-refractivity contribution >= 4 is 21.9 Å². The largest absolute Gasteiger partial charge is 0.507 e. The summed E-state index contributed by atoms with van der Waals surface area (Å²) < 4.78 is 2.17. The minimum Gasteiger partial charge on any atom is -0.507 e. The first kappa shape index (κ1) is 28.6. The molecule has 0 atom stereocenters. The van der Waals surface area contributed by atoms with Crippen molar-refractivity contribution in [3.8, 4) is 45.1 Å². The number of fused-ring (bicyclic) bond motifs is 3. The molecule has 214 valence electrons. The van der Waals surface area contributed by atoms with Crippen LogP contribution in [0, 0.1) is 12.0 Å². The Bertz CT molecular complexity index is 2010. The fourth-order valence-corrected chi connectivity index (χ4v) is 5.78. The number of phenolic OH excluding ortho intramolecular Hbond substituents is 1. The summed E-state index contributed by atoms with van der Waals surface area (Å²) in [5, 5.41) is 13.3. The van der Waals surface area contributed by atoms with Gasteiger partial charge >= 0.3 is 0 Å². The molecule has 0 saturated carbocycles. The van der Waals surface area contributed by atoms with Crippen LogP contribution in [0.15, 0.2) is 121 Å². The predicted octanol–water partition coefficient (Wildman–Crippen LogP) is 9.28. The van der Waals surface area contributed by atoms with Crippen LogP contribution in [-0.4, -0.2) is 19.6 Å². The van der Waals surface area contributed by atoms with E-state index in [4.69, 9.17) is 9.97 Å². The van der Waals surface area contributed by atoms with Gasteiger partial charge in [-0.1, -0.05) is 80.1 Å². The zero-order valence-electron chi connectivity index (χ0n) is 23.9. The molecule has 0 aliphatic heterocycles. The SMILES string of the molecule is CC(C)Cc1cc(-c2[c-]c(-n3c4ccccc4c4cccnc43)ccc2)nc(-c2cc(-c3ccccc3)ccc2O)c1.[Pt]. The van der Waals surface area contributed by atoms with Gasteiger partial charge in [0.2, 0.25) is 0 Å². The quantitative estimate of drug-likeness (QED) is 0.173. The predicted molar refractivity (Wildman–Crippen MR) is 172 cm³/mol. The fraction of sp³-hybridized carbons (Fsp3) is 0.105. The van der Waals surface area contributed by atoms with E-state index in [-0.39, 0.29) is 26.8 Å². The molecule has 4 nitrogen and oxygen atoms in total. The van der Waals surface area contributed by atoms with E-state index >= 15 is 0 Å². The summed E-state index contributed by atoms with van der Waals surface area (Å²) in [4.78, 5) is 9.85.